The van der Waals surface area contributed by atoms with Gasteiger partial charge in [-0.05, 0) is 42.4 Å². The molecule has 0 bridgehead atoms. The van der Waals surface area contributed by atoms with Gasteiger partial charge in [0.2, 0.25) is 0 Å². The summed E-state index contributed by atoms with van der Waals surface area (Å²) in [5, 5.41) is 9.58. The number of carbonyl (C=O) groups is 2. The van der Waals surface area contributed by atoms with Crippen LogP contribution in [0.15, 0.2) is 42.6 Å². The zero-order chi connectivity index (χ0) is 21.0. The predicted molar refractivity (Wildman–Crippen MR) is 112 cm³/mol. The summed E-state index contributed by atoms with van der Waals surface area (Å²) < 4.78 is 5.73. The number of nitrogens with zero attached hydrogens (tertiary/aromatic N) is 2. The lowest BCUT2D eigenvalue weighted by Crippen LogP contribution is -2.40. The minimum Gasteiger partial charge on any atom is -0.493 e. The van der Waals surface area contributed by atoms with Crippen molar-refractivity contribution >= 4 is 17.4 Å². The Balaban J connectivity index is 1.95. The van der Waals surface area contributed by atoms with Crippen LogP contribution in [0.25, 0.3) is 5.57 Å². The lowest BCUT2D eigenvalue weighted by atomic mass is 9.97. The number of aliphatic hydroxyl groups excluding tert-OH is 1. The van der Waals surface area contributed by atoms with Crippen molar-refractivity contribution in [1.29, 1.82) is 0 Å². The zero-order valence-corrected chi connectivity index (χ0v) is 17.3. The molecular weight excluding hydrogens is 368 g/mol. The summed E-state index contributed by atoms with van der Waals surface area (Å²) in [5.74, 6) is 0.683. The number of hydrogen-bond donors (Lipinski definition) is 1. The molecule has 6 nitrogen and oxygen atoms in total. The highest BCUT2D eigenvalue weighted by Gasteiger charge is 2.41. The Hall–Kier alpha value is -2.60. The molecule has 1 unspecified atom stereocenters. The molecule has 156 valence electrons. The molecule has 1 saturated heterocycles. The first-order valence-electron chi connectivity index (χ1n) is 10.3. The number of likely N-dealkylation sites (tertiary alicyclic amines) is 1. The Bertz CT molecular complexity index is 798. The number of hydrogen-bond acceptors (Lipinski definition) is 5. The van der Waals surface area contributed by atoms with E-state index in [0.29, 0.717) is 42.4 Å². The van der Waals surface area contributed by atoms with E-state index in [1.54, 1.807) is 6.08 Å². The van der Waals surface area contributed by atoms with Gasteiger partial charge < -0.3 is 14.7 Å². The molecule has 1 aromatic rings. The van der Waals surface area contributed by atoms with Crippen LogP contribution in [0.1, 0.15) is 32.3 Å². The molecule has 0 saturated carbocycles. The highest BCUT2D eigenvalue weighted by atomic mass is 16.5. The first-order valence-corrected chi connectivity index (χ1v) is 10.3. The molecule has 3 rings (SSSR count). The van der Waals surface area contributed by atoms with Gasteiger partial charge in [0.1, 0.15) is 11.4 Å². The van der Waals surface area contributed by atoms with Crippen molar-refractivity contribution in [1.82, 2.24) is 9.80 Å². The highest BCUT2D eigenvalue weighted by Crippen LogP contribution is 2.34. The standard InChI is InChI=1S/C23H30N2O4/c1-4-11-25-22(27)20(18-7-9-19(10-8-18)29-15-16(2)3)21(23(25)28)24-12-5-6-17(13-24)14-26/h4,7-10,16-17,26H,1,5-6,11-15H2,2-3H3. The first-order chi connectivity index (χ1) is 14.0. The number of benzene rings is 1. The van der Waals surface area contributed by atoms with E-state index in [0.717, 1.165) is 18.6 Å². The van der Waals surface area contributed by atoms with E-state index < -0.39 is 0 Å². The third kappa shape index (κ3) is 4.53. The van der Waals surface area contributed by atoms with E-state index in [1.807, 2.05) is 29.2 Å². The second kappa shape index (κ2) is 9.27. The van der Waals surface area contributed by atoms with Crippen molar-refractivity contribution < 1.29 is 19.4 Å². The lowest BCUT2D eigenvalue weighted by Gasteiger charge is -2.34. The van der Waals surface area contributed by atoms with Crippen LogP contribution in [0, 0.1) is 11.8 Å². The fraction of sp³-hybridized carbons (Fsp3) is 0.478. The maximum atomic E-state index is 13.1. The van der Waals surface area contributed by atoms with Gasteiger partial charge >= 0.3 is 0 Å². The lowest BCUT2D eigenvalue weighted by molar-refractivity contribution is -0.137. The molecule has 2 aliphatic heterocycles. The molecule has 1 aromatic carbocycles. The maximum Gasteiger partial charge on any atom is 0.278 e. The smallest absolute Gasteiger partial charge is 0.278 e. The molecule has 0 aliphatic carbocycles. The van der Waals surface area contributed by atoms with Gasteiger partial charge in [-0.25, -0.2) is 0 Å². The Morgan fingerprint density at radius 3 is 2.59 bits per heavy atom. The van der Waals surface area contributed by atoms with E-state index in [4.69, 9.17) is 4.74 Å². The number of ether oxygens (including phenoxy) is 1. The van der Waals surface area contributed by atoms with Crippen molar-refractivity contribution in [3.63, 3.8) is 0 Å². The van der Waals surface area contributed by atoms with Gasteiger partial charge in [0.05, 0.1) is 12.2 Å². The zero-order valence-electron chi connectivity index (χ0n) is 17.3. The van der Waals surface area contributed by atoms with Crippen LogP contribution >= 0.6 is 0 Å². The molecule has 2 amide bonds. The molecule has 1 fully saturated rings. The SMILES string of the molecule is C=CCN1C(=O)C(c2ccc(OCC(C)C)cc2)=C(N2CCCC(CO)C2)C1=O. The van der Waals surface area contributed by atoms with Crippen LogP contribution in [0.5, 0.6) is 5.75 Å². The van der Waals surface area contributed by atoms with Crippen LogP contribution in [-0.2, 0) is 9.59 Å². The Kier molecular flexibility index (Phi) is 6.75. The van der Waals surface area contributed by atoms with Crippen molar-refractivity contribution in [2.75, 3.05) is 32.8 Å². The normalized spacial score (nSPS) is 20.1. The maximum absolute atomic E-state index is 13.1. The van der Waals surface area contributed by atoms with Crippen molar-refractivity contribution in [2.24, 2.45) is 11.8 Å². The Labute approximate surface area is 172 Å². The predicted octanol–water partition coefficient (Wildman–Crippen LogP) is 2.69. The summed E-state index contributed by atoms with van der Waals surface area (Å²) in [7, 11) is 0. The van der Waals surface area contributed by atoms with E-state index in [1.165, 1.54) is 4.90 Å². The molecule has 0 spiro atoms. The molecule has 0 aromatic heterocycles. The van der Waals surface area contributed by atoms with E-state index in [-0.39, 0.29) is 30.9 Å². The number of rotatable bonds is 8. The van der Waals surface area contributed by atoms with Crippen LogP contribution in [-0.4, -0.2) is 59.6 Å². The van der Waals surface area contributed by atoms with Gasteiger partial charge in [-0.15, -0.1) is 6.58 Å². The molecule has 1 N–H and O–H groups in total. The topological polar surface area (TPSA) is 70.1 Å². The average Bonchev–Trinajstić information content (AvgIpc) is 2.97. The van der Waals surface area contributed by atoms with E-state index in [2.05, 4.69) is 20.4 Å². The highest BCUT2D eigenvalue weighted by molar-refractivity contribution is 6.35. The van der Waals surface area contributed by atoms with Crippen molar-refractivity contribution in [3.05, 3.63) is 48.2 Å². The summed E-state index contributed by atoms with van der Waals surface area (Å²) in [6.45, 7) is 10.00. The Morgan fingerprint density at radius 1 is 1.24 bits per heavy atom. The molecule has 29 heavy (non-hydrogen) atoms. The number of aliphatic hydroxyl groups is 1. The fourth-order valence-corrected chi connectivity index (χ4v) is 3.81. The molecule has 2 aliphatic rings. The van der Waals surface area contributed by atoms with Gasteiger partial charge in [0.25, 0.3) is 11.8 Å². The summed E-state index contributed by atoms with van der Waals surface area (Å²) in [4.78, 5) is 29.4. The minimum absolute atomic E-state index is 0.0828. The van der Waals surface area contributed by atoms with E-state index in [9.17, 15) is 14.7 Å². The van der Waals surface area contributed by atoms with Gasteiger partial charge in [0.15, 0.2) is 0 Å². The van der Waals surface area contributed by atoms with Crippen LogP contribution in [0.2, 0.25) is 0 Å². The molecule has 2 heterocycles. The van der Waals surface area contributed by atoms with Crippen LogP contribution in [0.3, 0.4) is 0 Å². The van der Waals surface area contributed by atoms with Gasteiger partial charge in [0, 0.05) is 26.2 Å². The quantitative estimate of drug-likeness (QED) is 0.539. The summed E-state index contributed by atoms with van der Waals surface area (Å²) in [6.07, 6.45) is 3.37. The molecule has 0 radical (unpaired) electrons. The monoisotopic (exact) mass is 398 g/mol. The van der Waals surface area contributed by atoms with Crippen molar-refractivity contribution in [3.8, 4) is 5.75 Å². The van der Waals surface area contributed by atoms with E-state index >= 15 is 0 Å². The van der Waals surface area contributed by atoms with Crippen LogP contribution in [0.4, 0.5) is 0 Å². The summed E-state index contributed by atoms with van der Waals surface area (Å²) >= 11 is 0. The largest absolute Gasteiger partial charge is 0.493 e. The number of piperidine rings is 1. The van der Waals surface area contributed by atoms with Gasteiger partial charge in [-0.2, -0.15) is 0 Å². The van der Waals surface area contributed by atoms with Crippen LogP contribution < -0.4 is 4.74 Å². The number of carbonyl (C=O) groups excluding carboxylic acids is 2. The summed E-state index contributed by atoms with van der Waals surface area (Å²) in [5.41, 5.74) is 1.56. The summed E-state index contributed by atoms with van der Waals surface area (Å²) in [6, 6.07) is 7.34. The second-order valence-corrected chi connectivity index (χ2v) is 8.10. The second-order valence-electron chi connectivity index (χ2n) is 8.10. The third-order valence-electron chi connectivity index (χ3n) is 5.27. The molecule has 1 atom stereocenters. The number of amides is 2. The average molecular weight is 399 g/mol. The first kappa shape index (κ1) is 21.1. The third-order valence-corrected chi connectivity index (χ3v) is 5.27. The van der Waals surface area contributed by atoms with Crippen molar-refractivity contribution in [2.45, 2.75) is 26.7 Å². The van der Waals surface area contributed by atoms with Gasteiger partial charge in [-0.3, -0.25) is 14.5 Å². The van der Waals surface area contributed by atoms with Gasteiger partial charge in [-0.1, -0.05) is 32.1 Å². The minimum atomic E-state index is -0.299. The molecular formula is C23H30N2O4. The fourth-order valence-electron chi connectivity index (χ4n) is 3.81. The molecule has 6 heteroatoms. The number of imide groups is 1. The Morgan fingerprint density at radius 2 is 1.97 bits per heavy atom.